The zero-order valence-electron chi connectivity index (χ0n) is 15.7. The summed E-state index contributed by atoms with van der Waals surface area (Å²) in [6, 6.07) is 17.6. The van der Waals surface area contributed by atoms with Crippen molar-refractivity contribution in [3.05, 3.63) is 59.5 Å². The zero-order chi connectivity index (χ0) is 19.8. The highest BCUT2D eigenvalue weighted by Gasteiger charge is 2.19. The highest BCUT2D eigenvalue weighted by Crippen LogP contribution is 2.26. The summed E-state index contributed by atoms with van der Waals surface area (Å²) in [5.41, 5.74) is 0.122. The van der Waals surface area contributed by atoms with E-state index in [1.54, 1.807) is 19.1 Å². The van der Waals surface area contributed by atoms with Crippen LogP contribution in [-0.4, -0.2) is 38.6 Å². The van der Waals surface area contributed by atoms with Crippen LogP contribution in [-0.2, 0) is 14.4 Å². The first kappa shape index (κ1) is 19.7. The predicted molar refractivity (Wildman–Crippen MR) is 109 cm³/mol. The van der Waals surface area contributed by atoms with Gasteiger partial charge in [-0.3, -0.25) is 0 Å². The highest BCUT2D eigenvalue weighted by atomic mass is 32.1. The van der Waals surface area contributed by atoms with E-state index in [1.165, 1.54) is 23.8 Å². The molecule has 0 aliphatic heterocycles. The number of carbonyl (C=O) groups excluding carboxylic acids is 1. The van der Waals surface area contributed by atoms with Gasteiger partial charge in [0.05, 0.1) is 11.5 Å². The van der Waals surface area contributed by atoms with Crippen molar-refractivity contribution >= 4 is 33.8 Å². The van der Waals surface area contributed by atoms with Gasteiger partial charge in [-0.05, 0) is 42.0 Å². The van der Waals surface area contributed by atoms with E-state index in [2.05, 4.69) is 17.3 Å². The Bertz CT molecular complexity index is 966. The molecule has 0 N–H and O–H groups in total. The van der Waals surface area contributed by atoms with Gasteiger partial charge in [-0.15, -0.1) is 0 Å². The molecule has 2 aromatic carbocycles. The second kappa shape index (κ2) is 9.75. The maximum absolute atomic E-state index is 12.0. The lowest BCUT2D eigenvalue weighted by molar-refractivity contribution is -0.135. The lowest BCUT2D eigenvalue weighted by Gasteiger charge is -2.08. The zero-order valence-corrected chi connectivity index (χ0v) is 16.5. The SMILES string of the molecule is CCOC(=O)/C(=N\OC)c1ccc(OCCOc2ccc3ccccc3c2)s1. The fraction of sp³-hybridized carbons (Fsp3) is 0.238. The molecule has 0 atom stereocenters. The minimum absolute atomic E-state index is 0.122. The van der Waals surface area contributed by atoms with Crippen LogP contribution < -0.4 is 9.47 Å². The summed E-state index contributed by atoms with van der Waals surface area (Å²) in [6.45, 7) is 2.79. The Morgan fingerprint density at radius 2 is 1.79 bits per heavy atom. The Kier molecular flexibility index (Phi) is 6.86. The molecule has 0 fully saturated rings. The van der Waals surface area contributed by atoms with Crippen LogP contribution in [0.25, 0.3) is 10.8 Å². The van der Waals surface area contributed by atoms with Crippen molar-refractivity contribution in [1.29, 1.82) is 0 Å². The molecule has 0 aliphatic rings. The largest absolute Gasteiger partial charge is 0.490 e. The Morgan fingerprint density at radius 1 is 1.00 bits per heavy atom. The topological polar surface area (TPSA) is 66.4 Å². The molecular formula is C21H21NO5S. The second-order valence-corrected chi connectivity index (χ2v) is 6.71. The van der Waals surface area contributed by atoms with E-state index in [9.17, 15) is 4.79 Å². The number of fused-ring (bicyclic) bond motifs is 1. The molecule has 0 amide bonds. The van der Waals surface area contributed by atoms with Crippen LogP contribution in [0.1, 0.15) is 11.8 Å². The highest BCUT2D eigenvalue weighted by molar-refractivity contribution is 7.16. The van der Waals surface area contributed by atoms with E-state index in [-0.39, 0.29) is 12.3 Å². The van der Waals surface area contributed by atoms with Crippen molar-refractivity contribution < 1.29 is 23.8 Å². The van der Waals surface area contributed by atoms with Gasteiger partial charge in [-0.2, -0.15) is 0 Å². The van der Waals surface area contributed by atoms with Crippen LogP contribution in [0.5, 0.6) is 10.8 Å². The van der Waals surface area contributed by atoms with E-state index in [1.807, 2.05) is 30.3 Å². The van der Waals surface area contributed by atoms with Crippen LogP contribution in [0, 0.1) is 0 Å². The van der Waals surface area contributed by atoms with Gasteiger partial charge in [-0.25, -0.2) is 4.79 Å². The fourth-order valence-electron chi connectivity index (χ4n) is 2.56. The number of thiophene rings is 1. The summed E-state index contributed by atoms with van der Waals surface area (Å²) in [7, 11) is 1.38. The molecule has 3 rings (SSSR count). The maximum Gasteiger partial charge on any atom is 0.361 e. The Balaban J connectivity index is 1.53. The van der Waals surface area contributed by atoms with E-state index in [4.69, 9.17) is 19.0 Å². The molecule has 0 bridgehead atoms. The molecule has 0 unspecified atom stereocenters. The molecule has 0 spiro atoms. The van der Waals surface area contributed by atoms with Crippen molar-refractivity contribution in [2.45, 2.75) is 6.92 Å². The summed E-state index contributed by atoms with van der Waals surface area (Å²) >= 11 is 1.29. The first-order chi connectivity index (χ1) is 13.7. The van der Waals surface area contributed by atoms with Gasteiger partial charge < -0.3 is 19.0 Å². The normalized spacial score (nSPS) is 11.3. The number of benzene rings is 2. The number of oxime groups is 1. The summed E-state index contributed by atoms with van der Waals surface area (Å²) in [5, 5.41) is 6.72. The van der Waals surface area contributed by atoms with Crippen molar-refractivity contribution in [1.82, 2.24) is 0 Å². The third-order valence-electron chi connectivity index (χ3n) is 3.78. The van der Waals surface area contributed by atoms with Crippen molar-refractivity contribution in [2.75, 3.05) is 26.9 Å². The number of hydrogen-bond donors (Lipinski definition) is 0. The molecule has 3 aromatic rings. The molecule has 7 heteroatoms. The Labute approximate surface area is 167 Å². The van der Waals surface area contributed by atoms with Crippen molar-refractivity contribution in [3.8, 4) is 10.8 Å². The monoisotopic (exact) mass is 399 g/mol. The number of rotatable bonds is 9. The van der Waals surface area contributed by atoms with Crippen LogP contribution in [0.4, 0.5) is 0 Å². The van der Waals surface area contributed by atoms with E-state index < -0.39 is 5.97 Å². The molecular weight excluding hydrogens is 378 g/mol. The number of ether oxygens (including phenoxy) is 3. The standard InChI is InChI=1S/C21H21NO5S/c1-3-25-21(23)20(22-24-2)18-10-11-19(28-18)27-13-12-26-17-9-8-15-6-4-5-7-16(15)14-17/h4-11,14H,3,12-13H2,1-2H3/b22-20-. The van der Waals surface area contributed by atoms with Gasteiger partial charge in [0.15, 0.2) is 5.06 Å². The van der Waals surface area contributed by atoms with E-state index in [0.717, 1.165) is 11.1 Å². The van der Waals surface area contributed by atoms with Crippen LogP contribution in [0.3, 0.4) is 0 Å². The van der Waals surface area contributed by atoms with Gasteiger partial charge in [-0.1, -0.05) is 46.8 Å². The fourth-order valence-corrected chi connectivity index (χ4v) is 3.41. The molecule has 0 radical (unpaired) electrons. The maximum atomic E-state index is 12.0. The summed E-state index contributed by atoms with van der Waals surface area (Å²) < 4.78 is 16.5. The molecule has 6 nitrogen and oxygen atoms in total. The Hall–Kier alpha value is -3.06. The predicted octanol–water partition coefficient (Wildman–Crippen LogP) is 4.27. The van der Waals surface area contributed by atoms with Gasteiger partial charge in [0, 0.05) is 0 Å². The quantitative estimate of drug-likeness (QED) is 0.233. The minimum atomic E-state index is -0.530. The van der Waals surface area contributed by atoms with Gasteiger partial charge in [0.2, 0.25) is 5.71 Å². The second-order valence-electron chi connectivity index (χ2n) is 5.67. The van der Waals surface area contributed by atoms with Crippen molar-refractivity contribution in [2.24, 2.45) is 5.16 Å². The molecule has 0 aliphatic carbocycles. The third-order valence-corrected chi connectivity index (χ3v) is 4.79. The van der Waals surface area contributed by atoms with Gasteiger partial charge >= 0.3 is 5.97 Å². The molecule has 0 saturated heterocycles. The minimum Gasteiger partial charge on any atom is -0.490 e. The summed E-state index contributed by atoms with van der Waals surface area (Å²) in [6.07, 6.45) is 0. The molecule has 1 aromatic heterocycles. The van der Waals surface area contributed by atoms with Gasteiger partial charge in [0.25, 0.3) is 0 Å². The first-order valence-corrected chi connectivity index (χ1v) is 9.65. The van der Waals surface area contributed by atoms with Crippen LogP contribution in [0.2, 0.25) is 0 Å². The lowest BCUT2D eigenvalue weighted by Crippen LogP contribution is -2.18. The van der Waals surface area contributed by atoms with E-state index >= 15 is 0 Å². The molecule has 1 heterocycles. The Morgan fingerprint density at radius 3 is 2.57 bits per heavy atom. The lowest BCUT2D eigenvalue weighted by atomic mass is 10.1. The smallest absolute Gasteiger partial charge is 0.361 e. The van der Waals surface area contributed by atoms with Crippen molar-refractivity contribution in [3.63, 3.8) is 0 Å². The number of esters is 1. The number of carbonyl (C=O) groups is 1. The first-order valence-electron chi connectivity index (χ1n) is 8.84. The van der Waals surface area contributed by atoms with Gasteiger partial charge in [0.1, 0.15) is 26.1 Å². The average molecular weight is 399 g/mol. The number of hydrogen-bond acceptors (Lipinski definition) is 7. The molecule has 28 heavy (non-hydrogen) atoms. The number of nitrogens with zero attached hydrogens (tertiary/aromatic N) is 1. The summed E-state index contributed by atoms with van der Waals surface area (Å²) in [4.78, 5) is 17.3. The van der Waals surface area contributed by atoms with E-state index in [0.29, 0.717) is 23.2 Å². The molecule has 146 valence electrons. The average Bonchev–Trinajstić information content (AvgIpc) is 3.18. The van der Waals surface area contributed by atoms with Crippen LogP contribution >= 0.6 is 11.3 Å². The molecule has 0 saturated carbocycles. The third kappa shape index (κ3) is 5.01. The van der Waals surface area contributed by atoms with Crippen LogP contribution in [0.15, 0.2) is 59.8 Å². The summed E-state index contributed by atoms with van der Waals surface area (Å²) in [5.74, 6) is 0.267.